The molecule has 2 saturated heterocycles. The van der Waals surface area contributed by atoms with Crippen LogP contribution in [0.4, 0.5) is 0 Å². The molecule has 2 atom stereocenters. The van der Waals surface area contributed by atoms with Crippen molar-refractivity contribution in [3.05, 3.63) is 0 Å². The fourth-order valence-electron chi connectivity index (χ4n) is 3.05. The van der Waals surface area contributed by atoms with E-state index in [0.717, 1.165) is 45.4 Å². The third kappa shape index (κ3) is 4.17. The van der Waals surface area contributed by atoms with E-state index in [-0.39, 0.29) is 17.9 Å². The number of nitrogens with one attached hydrogen (secondary N) is 2. The maximum Gasteiger partial charge on any atom is 0.227 e. The summed E-state index contributed by atoms with van der Waals surface area (Å²) in [5, 5.41) is 6.65. The third-order valence-electron chi connectivity index (χ3n) is 4.45. The zero-order valence-corrected chi connectivity index (χ0v) is 12.9. The summed E-state index contributed by atoms with van der Waals surface area (Å²) in [4.78, 5) is 14.8. The average molecular weight is 283 g/mol. The number of carbonyl (C=O) groups is 1. The molecule has 0 spiro atoms. The predicted octanol–water partition coefficient (Wildman–Crippen LogP) is 0.602. The Morgan fingerprint density at radius 1 is 1.25 bits per heavy atom. The van der Waals surface area contributed by atoms with Gasteiger partial charge in [0.05, 0.1) is 19.1 Å². The van der Waals surface area contributed by atoms with Crippen LogP contribution in [0.5, 0.6) is 0 Å². The maximum atomic E-state index is 12.4. The molecule has 2 aliphatic rings. The van der Waals surface area contributed by atoms with E-state index in [4.69, 9.17) is 4.74 Å². The van der Waals surface area contributed by atoms with Gasteiger partial charge in [-0.1, -0.05) is 13.8 Å². The molecule has 5 nitrogen and oxygen atoms in total. The van der Waals surface area contributed by atoms with Gasteiger partial charge < -0.3 is 20.3 Å². The van der Waals surface area contributed by atoms with Crippen LogP contribution in [0.2, 0.25) is 0 Å². The Bertz CT molecular complexity index is 303. The first-order valence-electron chi connectivity index (χ1n) is 8.08. The molecule has 0 aromatic heterocycles. The molecule has 0 bridgehead atoms. The first-order valence-corrected chi connectivity index (χ1v) is 8.08. The SMILES string of the molecule is CCCNC1COCC1C(=O)NC1CCN(CC)CC1. The Morgan fingerprint density at radius 3 is 2.65 bits per heavy atom. The van der Waals surface area contributed by atoms with Gasteiger partial charge in [0.15, 0.2) is 0 Å². The van der Waals surface area contributed by atoms with Gasteiger partial charge in [-0.05, 0) is 32.4 Å². The van der Waals surface area contributed by atoms with Gasteiger partial charge >= 0.3 is 0 Å². The van der Waals surface area contributed by atoms with Crippen molar-refractivity contribution in [2.24, 2.45) is 5.92 Å². The van der Waals surface area contributed by atoms with E-state index in [1.807, 2.05) is 0 Å². The predicted molar refractivity (Wildman–Crippen MR) is 79.7 cm³/mol. The van der Waals surface area contributed by atoms with Gasteiger partial charge in [-0.15, -0.1) is 0 Å². The maximum absolute atomic E-state index is 12.4. The number of hydrogen-bond acceptors (Lipinski definition) is 4. The van der Waals surface area contributed by atoms with Crippen LogP contribution in [-0.4, -0.2) is 62.3 Å². The molecule has 2 heterocycles. The highest BCUT2D eigenvalue weighted by atomic mass is 16.5. The number of piperidine rings is 1. The minimum absolute atomic E-state index is 0.0224. The molecular weight excluding hydrogens is 254 g/mol. The molecule has 2 N–H and O–H groups in total. The van der Waals surface area contributed by atoms with Crippen LogP contribution < -0.4 is 10.6 Å². The van der Waals surface area contributed by atoms with E-state index in [2.05, 4.69) is 29.4 Å². The lowest BCUT2D eigenvalue weighted by atomic mass is 9.99. The minimum Gasteiger partial charge on any atom is -0.379 e. The topological polar surface area (TPSA) is 53.6 Å². The van der Waals surface area contributed by atoms with Crippen molar-refractivity contribution in [3.8, 4) is 0 Å². The van der Waals surface area contributed by atoms with Gasteiger partial charge in [0.2, 0.25) is 5.91 Å². The molecule has 1 amide bonds. The van der Waals surface area contributed by atoms with Gasteiger partial charge in [-0.2, -0.15) is 0 Å². The lowest BCUT2D eigenvalue weighted by Gasteiger charge is -2.32. The Labute approximate surface area is 122 Å². The summed E-state index contributed by atoms with van der Waals surface area (Å²) in [7, 11) is 0. The normalized spacial score (nSPS) is 28.7. The minimum atomic E-state index is -0.0224. The second-order valence-corrected chi connectivity index (χ2v) is 5.92. The van der Waals surface area contributed by atoms with Crippen LogP contribution >= 0.6 is 0 Å². The highest BCUT2D eigenvalue weighted by Gasteiger charge is 2.34. The molecule has 0 saturated carbocycles. The molecule has 116 valence electrons. The van der Waals surface area contributed by atoms with Crippen LogP contribution in [0.1, 0.15) is 33.1 Å². The summed E-state index contributed by atoms with van der Waals surface area (Å²) >= 11 is 0. The summed E-state index contributed by atoms with van der Waals surface area (Å²) in [6, 6.07) is 0.531. The number of amides is 1. The van der Waals surface area contributed by atoms with Crippen LogP contribution in [0.3, 0.4) is 0 Å². The number of nitrogens with zero attached hydrogens (tertiary/aromatic N) is 1. The first kappa shape index (κ1) is 15.7. The molecule has 2 unspecified atom stereocenters. The molecule has 20 heavy (non-hydrogen) atoms. The molecule has 0 radical (unpaired) electrons. The average Bonchev–Trinajstić information content (AvgIpc) is 2.94. The van der Waals surface area contributed by atoms with Crippen LogP contribution in [-0.2, 0) is 9.53 Å². The van der Waals surface area contributed by atoms with Crippen molar-refractivity contribution in [1.29, 1.82) is 0 Å². The highest BCUT2D eigenvalue weighted by molar-refractivity contribution is 5.80. The number of carbonyl (C=O) groups excluding carboxylic acids is 1. The summed E-state index contributed by atoms with van der Waals surface area (Å²) < 4.78 is 5.48. The van der Waals surface area contributed by atoms with Gasteiger partial charge in [0.1, 0.15) is 0 Å². The third-order valence-corrected chi connectivity index (χ3v) is 4.45. The van der Waals surface area contributed by atoms with Gasteiger partial charge in [-0.3, -0.25) is 4.79 Å². The first-order chi connectivity index (χ1) is 9.74. The standard InChI is InChI=1S/C15H29N3O2/c1-3-7-16-14-11-20-10-13(14)15(19)17-12-5-8-18(4-2)9-6-12/h12-14,16H,3-11H2,1-2H3,(H,17,19). The number of rotatable bonds is 6. The van der Waals surface area contributed by atoms with E-state index in [9.17, 15) is 4.79 Å². The van der Waals surface area contributed by atoms with E-state index in [1.165, 1.54) is 0 Å². The largest absolute Gasteiger partial charge is 0.379 e. The smallest absolute Gasteiger partial charge is 0.227 e. The fourth-order valence-corrected chi connectivity index (χ4v) is 3.05. The summed E-state index contributed by atoms with van der Waals surface area (Å²) in [5.74, 6) is 0.150. The Morgan fingerprint density at radius 2 is 2.00 bits per heavy atom. The Hall–Kier alpha value is -0.650. The van der Waals surface area contributed by atoms with Gasteiger partial charge in [-0.25, -0.2) is 0 Å². The number of likely N-dealkylation sites (tertiary alicyclic amines) is 1. The van der Waals surface area contributed by atoms with Crippen molar-refractivity contribution in [2.75, 3.05) is 39.4 Å². The van der Waals surface area contributed by atoms with Gasteiger partial charge in [0.25, 0.3) is 0 Å². The molecule has 5 heteroatoms. The van der Waals surface area contributed by atoms with Crippen molar-refractivity contribution in [3.63, 3.8) is 0 Å². The van der Waals surface area contributed by atoms with Crippen molar-refractivity contribution < 1.29 is 9.53 Å². The van der Waals surface area contributed by atoms with Crippen LogP contribution in [0.15, 0.2) is 0 Å². The molecule has 0 aromatic rings. The second kappa shape index (κ2) is 7.96. The van der Waals surface area contributed by atoms with Crippen molar-refractivity contribution >= 4 is 5.91 Å². The Balaban J connectivity index is 1.76. The summed E-state index contributed by atoms with van der Waals surface area (Å²) in [6.45, 7) is 9.80. The molecule has 2 rings (SSSR count). The zero-order valence-electron chi connectivity index (χ0n) is 12.9. The summed E-state index contributed by atoms with van der Waals surface area (Å²) in [6.07, 6.45) is 3.22. The number of hydrogen-bond donors (Lipinski definition) is 2. The van der Waals surface area contributed by atoms with E-state index in [0.29, 0.717) is 19.3 Å². The second-order valence-electron chi connectivity index (χ2n) is 5.92. The lowest BCUT2D eigenvalue weighted by molar-refractivity contribution is -0.126. The quantitative estimate of drug-likeness (QED) is 0.749. The van der Waals surface area contributed by atoms with E-state index in [1.54, 1.807) is 0 Å². The van der Waals surface area contributed by atoms with E-state index < -0.39 is 0 Å². The fraction of sp³-hybridized carbons (Fsp3) is 0.933. The van der Waals surface area contributed by atoms with Gasteiger partial charge in [0, 0.05) is 25.2 Å². The highest BCUT2D eigenvalue weighted by Crippen LogP contribution is 2.16. The van der Waals surface area contributed by atoms with Crippen LogP contribution in [0.25, 0.3) is 0 Å². The molecule has 0 aliphatic carbocycles. The molecule has 0 aromatic carbocycles. The van der Waals surface area contributed by atoms with Crippen molar-refractivity contribution in [1.82, 2.24) is 15.5 Å². The van der Waals surface area contributed by atoms with Crippen LogP contribution in [0, 0.1) is 5.92 Å². The number of ether oxygens (including phenoxy) is 1. The molecular formula is C15H29N3O2. The molecule has 2 fully saturated rings. The monoisotopic (exact) mass is 283 g/mol. The lowest BCUT2D eigenvalue weighted by Crippen LogP contribution is -2.50. The van der Waals surface area contributed by atoms with E-state index >= 15 is 0 Å². The zero-order chi connectivity index (χ0) is 14.4. The van der Waals surface area contributed by atoms with Crippen molar-refractivity contribution in [2.45, 2.75) is 45.2 Å². The Kier molecular flexibility index (Phi) is 6.26. The summed E-state index contributed by atoms with van der Waals surface area (Å²) in [5.41, 5.74) is 0. The molecule has 2 aliphatic heterocycles.